The van der Waals surface area contributed by atoms with Gasteiger partial charge in [0.15, 0.2) is 0 Å². The molecule has 0 saturated heterocycles. The van der Waals surface area contributed by atoms with E-state index in [-0.39, 0.29) is 61.0 Å². The van der Waals surface area contributed by atoms with Crippen LogP contribution < -0.4 is 43.4 Å². The molecule has 20 rings (SSSR count). The number of nitrogens with zero attached hydrogens (tertiary/aromatic N) is 10. The Bertz CT molecular complexity index is 6420. The van der Waals surface area contributed by atoms with E-state index in [4.69, 9.17) is 43.9 Å². The second kappa shape index (κ2) is 44.5. The maximum absolute atomic E-state index is 5.63. The Morgan fingerprint density at radius 3 is 0.676 bits per heavy atom. The molecule has 16 heteroatoms. The van der Waals surface area contributed by atoms with Crippen molar-refractivity contribution in [3.8, 4) is 23.0 Å². The van der Waals surface area contributed by atoms with E-state index in [2.05, 4.69) is 472 Å². The SMILES string of the molecule is CCOc1ccc(N2C(C)C(c3ccc(C)cc3)=NC2c2ccc(OC)cc2)cc1.COc1ccc(C2N=C(c3ccc(C)cc3)C(C)N2c2ccc(OC)cc2)cc1.Cc1ccc(C2=NC(c3ccccc3)N(c3ccc(Br)cc3)C2C)cc1.Cc1ccc(C2=NC(c3ccccc3)N(c3ccc(I)cc3)C2C)cc1.Cc1ccc(C2=NC(c3ccccc3)N(c3ccccc3)C2C)cc1. The summed E-state index contributed by atoms with van der Waals surface area (Å²) < 4.78 is 24.0. The number of benzene rings is 15. The standard InChI is InChI=1S/C26H28N2O2.C25H26N2O2.C23H21BrN2.C23H21IN2.C23H22N2/c1-5-30-24-16-12-22(13-17-24)28-19(3)25(20-8-6-18(2)7-9-20)27-26(28)21-10-14-23(29-4)15-11-21;1-17-5-7-19(8-6-17)24-18(2)27(21-11-15-23(29-4)16-12-21)25(26-24)20-9-13-22(28-3)14-10-20;2*1-16-8-10-18(11-9-16)22-17(2)26(21-14-12-20(24)13-15-21)23(25-22)19-6-4-3-5-7-19;1-17-13-15-19(16-14-17)22-18(2)25(21-11-7-4-8-12-21)23(24-22)20-9-5-3-6-10-20/h6-17,19,26H,5H2,1-4H3;5-16,18,25H,1-4H3;2*3-15,17,23H,1-2H3;3-16,18,23H,1-2H3. The molecule has 5 heterocycles. The Labute approximate surface area is 825 Å². The maximum Gasteiger partial charge on any atom is 0.148 e. The second-order valence-electron chi connectivity index (χ2n) is 34.9. The molecular formula is C120H118BrIN10O4. The van der Waals surface area contributed by atoms with E-state index in [1.165, 1.54) is 87.4 Å². The Morgan fingerprint density at radius 2 is 0.441 bits per heavy atom. The van der Waals surface area contributed by atoms with Gasteiger partial charge in [0.25, 0.3) is 0 Å². The summed E-state index contributed by atoms with van der Waals surface area (Å²) >= 11 is 5.89. The molecule has 15 aromatic rings. The smallest absolute Gasteiger partial charge is 0.148 e. The summed E-state index contributed by atoms with van der Waals surface area (Å²) in [4.78, 5) is 37.7. The van der Waals surface area contributed by atoms with Gasteiger partial charge in [-0.3, -0.25) is 25.0 Å². The molecule has 0 aromatic heterocycles. The largest absolute Gasteiger partial charge is 0.497 e. The summed E-state index contributed by atoms with van der Waals surface area (Å²) in [6.45, 7) is 24.4. The van der Waals surface area contributed by atoms with E-state index in [9.17, 15) is 0 Å². The molecule has 0 aliphatic carbocycles. The number of anilines is 5. The van der Waals surface area contributed by atoms with Crippen molar-refractivity contribution in [2.24, 2.45) is 25.0 Å². The molecule has 136 heavy (non-hydrogen) atoms. The molecule has 0 N–H and O–H groups in total. The predicted molar refractivity (Wildman–Crippen MR) is 578 cm³/mol. The topological polar surface area (TPSA) is 115 Å². The van der Waals surface area contributed by atoms with Gasteiger partial charge in [-0.05, 0) is 288 Å². The zero-order chi connectivity index (χ0) is 94.9. The van der Waals surface area contributed by atoms with Crippen molar-refractivity contribution in [1.29, 1.82) is 0 Å². The molecule has 15 aromatic carbocycles. The van der Waals surface area contributed by atoms with Gasteiger partial charge in [-0.25, -0.2) is 0 Å². The monoisotopic (exact) mass is 1970 g/mol. The van der Waals surface area contributed by atoms with E-state index in [0.717, 1.165) is 84.1 Å². The normalized spacial score (nSPS) is 19.1. The highest BCUT2D eigenvalue weighted by Crippen LogP contribution is 2.45. The van der Waals surface area contributed by atoms with Gasteiger partial charge in [0, 0.05) is 36.5 Å². The van der Waals surface area contributed by atoms with Crippen LogP contribution in [0, 0.1) is 38.2 Å². The zero-order valence-electron chi connectivity index (χ0n) is 79.8. The third-order valence-corrected chi connectivity index (χ3v) is 26.9. The van der Waals surface area contributed by atoms with Gasteiger partial charge in [-0.15, -0.1) is 0 Å². The molecule has 10 unspecified atom stereocenters. The lowest BCUT2D eigenvalue weighted by atomic mass is 10.0. The Balaban J connectivity index is 0.000000123. The van der Waals surface area contributed by atoms with Crippen LogP contribution in [-0.2, 0) is 0 Å². The van der Waals surface area contributed by atoms with Crippen molar-refractivity contribution in [3.63, 3.8) is 0 Å². The summed E-state index contributed by atoms with van der Waals surface area (Å²) in [5, 5.41) is 0. The number of hydrogen-bond acceptors (Lipinski definition) is 14. The Kier molecular flexibility index (Phi) is 31.1. The van der Waals surface area contributed by atoms with Crippen LogP contribution in [0.5, 0.6) is 23.0 Å². The van der Waals surface area contributed by atoms with Crippen molar-refractivity contribution < 1.29 is 18.9 Å². The average Bonchev–Trinajstić information content (AvgIpc) is 1.62. The molecule has 0 bridgehead atoms. The lowest BCUT2D eigenvalue weighted by Crippen LogP contribution is -2.35. The van der Waals surface area contributed by atoms with Crippen molar-refractivity contribution in [2.75, 3.05) is 52.4 Å². The zero-order valence-corrected chi connectivity index (χ0v) is 83.5. The lowest BCUT2D eigenvalue weighted by molar-refractivity contribution is 0.340. The first-order valence-corrected chi connectivity index (χ1v) is 48.6. The fourth-order valence-electron chi connectivity index (χ4n) is 18.3. The first-order valence-electron chi connectivity index (χ1n) is 46.7. The van der Waals surface area contributed by atoms with Gasteiger partial charge in [0.2, 0.25) is 0 Å². The molecule has 686 valence electrons. The van der Waals surface area contributed by atoms with Crippen LogP contribution in [-0.4, -0.2) is 86.7 Å². The van der Waals surface area contributed by atoms with Crippen LogP contribution >= 0.6 is 38.5 Å². The highest BCUT2D eigenvalue weighted by Gasteiger charge is 2.41. The van der Waals surface area contributed by atoms with E-state index in [1.54, 1.807) is 21.3 Å². The maximum atomic E-state index is 5.63. The second-order valence-corrected chi connectivity index (χ2v) is 37.0. The third kappa shape index (κ3) is 22.2. The van der Waals surface area contributed by atoms with E-state index >= 15 is 0 Å². The number of methoxy groups -OCH3 is 3. The molecule has 0 saturated carbocycles. The van der Waals surface area contributed by atoms with Crippen LogP contribution in [0.2, 0.25) is 0 Å². The summed E-state index contributed by atoms with van der Waals surface area (Å²) in [7, 11) is 5.06. The molecule has 0 fully saturated rings. The predicted octanol–water partition coefficient (Wildman–Crippen LogP) is 28.7. The Hall–Kier alpha value is -13.9. The van der Waals surface area contributed by atoms with Crippen LogP contribution in [0.4, 0.5) is 28.4 Å². The van der Waals surface area contributed by atoms with Gasteiger partial charge < -0.3 is 43.4 Å². The number of para-hydroxylation sites is 1. The number of aliphatic imine (C=N–C) groups is 5. The molecule has 5 aliphatic rings. The third-order valence-electron chi connectivity index (χ3n) is 25.7. The average molecular weight is 1970 g/mol. The molecule has 5 aliphatic heterocycles. The molecular weight excluding hydrogens is 1850 g/mol. The highest BCUT2D eigenvalue weighted by atomic mass is 127. The van der Waals surface area contributed by atoms with Crippen molar-refractivity contribution in [1.82, 2.24) is 0 Å². The molecule has 0 amide bonds. The lowest BCUT2D eigenvalue weighted by Gasteiger charge is -2.30. The fourth-order valence-corrected chi connectivity index (χ4v) is 18.9. The number of hydrogen-bond donors (Lipinski definition) is 0. The number of aryl methyl sites for hydroxylation is 5. The summed E-state index contributed by atoms with van der Waals surface area (Å²) in [5.41, 5.74) is 29.7. The summed E-state index contributed by atoms with van der Waals surface area (Å²) in [5.74, 6) is 3.42. The minimum Gasteiger partial charge on any atom is -0.497 e. The molecule has 10 atom stereocenters. The van der Waals surface area contributed by atoms with Crippen molar-refractivity contribution in [3.05, 3.63) is 480 Å². The quantitative estimate of drug-likeness (QED) is 0.0688. The minimum atomic E-state index is -0.0971. The van der Waals surface area contributed by atoms with Crippen molar-refractivity contribution >= 4 is 95.5 Å². The fraction of sp³-hybridized carbons (Fsp3) is 0.208. The Morgan fingerprint density at radius 1 is 0.243 bits per heavy atom. The van der Waals surface area contributed by atoms with Crippen LogP contribution in [0.1, 0.15) is 156 Å². The number of rotatable bonds is 20. The number of halogens is 2. The summed E-state index contributed by atoms with van der Waals surface area (Å²) in [6.07, 6.45) is -0.193. The van der Waals surface area contributed by atoms with Crippen LogP contribution in [0.3, 0.4) is 0 Å². The number of ether oxygens (including phenoxy) is 4. The highest BCUT2D eigenvalue weighted by molar-refractivity contribution is 14.1. The summed E-state index contributed by atoms with van der Waals surface area (Å²) in [6, 6.07) is 136. The first kappa shape index (κ1) is 95.2. The van der Waals surface area contributed by atoms with Gasteiger partial charge in [0.05, 0.1) is 86.7 Å². The van der Waals surface area contributed by atoms with E-state index in [1.807, 2.05) is 55.5 Å². The van der Waals surface area contributed by atoms with Crippen molar-refractivity contribution in [2.45, 2.75) is 137 Å². The van der Waals surface area contributed by atoms with Gasteiger partial charge >= 0.3 is 0 Å². The van der Waals surface area contributed by atoms with Crippen LogP contribution in [0.15, 0.2) is 418 Å². The molecule has 14 nitrogen and oxygen atoms in total. The van der Waals surface area contributed by atoms with Gasteiger partial charge in [-0.2, -0.15) is 0 Å². The molecule has 0 radical (unpaired) electrons. The molecule has 0 spiro atoms. The van der Waals surface area contributed by atoms with E-state index in [0.29, 0.717) is 6.61 Å². The van der Waals surface area contributed by atoms with Gasteiger partial charge in [0.1, 0.15) is 53.8 Å². The first-order chi connectivity index (χ1) is 66.2. The van der Waals surface area contributed by atoms with Gasteiger partial charge in [-0.1, -0.05) is 299 Å². The minimum absolute atomic E-state index is 0.00237. The van der Waals surface area contributed by atoms with E-state index < -0.39 is 0 Å². The van der Waals surface area contributed by atoms with Crippen LogP contribution in [0.25, 0.3) is 0 Å².